The predicted molar refractivity (Wildman–Crippen MR) is 73.8 cm³/mol. The van der Waals surface area contributed by atoms with Gasteiger partial charge in [-0.15, -0.1) is 0 Å². The highest BCUT2D eigenvalue weighted by Crippen LogP contribution is 2.49. The van der Waals surface area contributed by atoms with Crippen LogP contribution < -0.4 is 5.32 Å². The van der Waals surface area contributed by atoms with E-state index in [0.29, 0.717) is 11.5 Å². The molecule has 1 heterocycles. The monoisotopic (exact) mass is 261 g/mol. The van der Waals surface area contributed by atoms with Crippen molar-refractivity contribution in [3.8, 4) is 0 Å². The number of aromatic nitrogens is 2. The third-order valence-electron chi connectivity index (χ3n) is 5.27. The fourth-order valence-electron chi connectivity index (χ4n) is 4.02. The highest BCUT2D eigenvalue weighted by atomic mass is 16.1. The fraction of sp³-hybridized carbons (Fsp3) is 0.733. The summed E-state index contributed by atoms with van der Waals surface area (Å²) < 4.78 is 1.75. The second kappa shape index (κ2) is 4.66. The first kappa shape index (κ1) is 12.7. The molecule has 4 nitrogen and oxygen atoms in total. The molecule has 0 aliphatic heterocycles. The van der Waals surface area contributed by atoms with Gasteiger partial charge in [0.15, 0.2) is 0 Å². The molecule has 2 bridgehead atoms. The molecule has 1 amide bonds. The number of carbonyl (C=O) groups is 1. The fourth-order valence-corrected chi connectivity index (χ4v) is 4.02. The summed E-state index contributed by atoms with van der Waals surface area (Å²) in [5.41, 5.74) is 1.63. The zero-order valence-corrected chi connectivity index (χ0v) is 12.0. The molecule has 3 rings (SSSR count). The van der Waals surface area contributed by atoms with E-state index < -0.39 is 0 Å². The van der Waals surface area contributed by atoms with Crippen molar-refractivity contribution in [1.82, 2.24) is 15.1 Å². The van der Waals surface area contributed by atoms with Crippen LogP contribution in [0, 0.1) is 24.7 Å². The number of amides is 1. The summed E-state index contributed by atoms with van der Waals surface area (Å²) in [6.07, 6.45) is 7.12. The van der Waals surface area contributed by atoms with Gasteiger partial charge < -0.3 is 5.32 Å². The summed E-state index contributed by atoms with van der Waals surface area (Å²) in [6, 6.07) is 0.280. The van der Waals surface area contributed by atoms with Gasteiger partial charge in [0.2, 0.25) is 0 Å². The number of nitrogens with one attached hydrogen (secondary N) is 1. The average Bonchev–Trinajstić information content (AvgIpc) is 3.06. The van der Waals surface area contributed by atoms with Crippen LogP contribution >= 0.6 is 0 Å². The van der Waals surface area contributed by atoms with Crippen LogP contribution in [0.5, 0.6) is 0 Å². The summed E-state index contributed by atoms with van der Waals surface area (Å²) >= 11 is 0. The lowest BCUT2D eigenvalue weighted by atomic mass is 9.84. The molecule has 2 saturated carbocycles. The molecule has 0 saturated heterocycles. The van der Waals surface area contributed by atoms with Crippen LogP contribution in [0.2, 0.25) is 0 Å². The summed E-state index contributed by atoms with van der Waals surface area (Å²) in [7, 11) is 1.87. The van der Waals surface area contributed by atoms with Crippen LogP contribution in [-0.4, -0.2) is 21.7 Å². The summed E-state index contributed by atoms with van der Waals surface area (Å²) in [5.74, 6) is 2.48. The number of carbonyl (C=O) groups excluding carboxylic acids is 1. The Morgan fingerprint density at radius 1 is 1.47 bits per heavy atom. The van der Waals surface area contributed by atoms with Crippen molar-refractivity contribution in [3.05, 3.63) is 17.5 Å². The van der Waals surface area contributed by atoms with Crippen LogP contribution in [0.1, 0.15) is 48.7 Å². The molecule has 4 heteroatoms. The van der Waals surface area contributed by atoms with Crippen molar-refractivity contribution in [2.24, 2.45) is 24.8 Å². The van der Waals surface area contributed by atoms with E-state index in [1.807, 2.05) is 14.0 Å². The summed E-state index contributed by atoms with van der Waals surface area (Å²) in [4.78, 5) is 12.3. The number of hydrogen-bond donors (Lipinski definition) is 1. The summed E-state index contributed by atoms with van der Waals surface area (Å²) in [6.45, 7) is 4.10. The Morgan fingerprint density at radius 3 is 2.79 bits per heavy atom. The Hall–Kier alpha value is -1.32. The lowest BCUT2D eigenvalue weighted by Gasteiger charge is -2.28. The minimum atomic E-state index is 0.0286. The Morgan fingerprint density at radius 2 is 2.26 bits per heavy atom. The summed E-state index contributed by atoms with van der Waals surface area (Å²) in [5, 5.41) is 7.32. The van der Waals surface area contributed by atoms with Crippen molar-refractivity contribution < 1.29 is 4.79 Å². The van der Waals surface area contributed by atoms with E-state index in [1.54, 1.807) is 10.9 Å². The maximum Gasteiger partial charge on any atom is 0.254 e. The minimum Gasteiger partial charge on any atom is -0.349 e. The van der Waals surface area contributed by atoms with Crippen LogP contribution in [0.3, 0.4) is 0 Å². The molecule has 0 spiro atoms. The average molecular weight is 261 g/mol. The molecule has 0 unspecified atom stereocenters. The molecule has 1 aromatic rings. The number of hydrogen-bond acceptors (Lipinski definition) is 2. The largest absolute Gasteiger partial charge is 0.349 e. The molecule has 1 N–H and O–H groups in total. The minimum absolute atomic E-state index is 0.0286. The number of aryl methyl sites for hydroxylation is 1. The highest BCUT2D eigenvalue weighted by Gasteiger charge is 2.42. The third kappa shape index (κ3) is 2.17. The molecule has 2 fully saturated rings. The molecule has 1 aromatic heterocycles. The number of nitrogens with zero attached hydrogens (tertiary/aromatic N) is 2. The van der Waals surface area contributed by atoms with E-state index in [0.717, 1.165) is 17.5 Å². The lowest BCUT2D eigenvalue weighted by Crippen LogP contribution is -2.40. The Bertz CT molecular complexity index is 494. The quantitative estimate of drug-likeness (QED) is 0.907. The first-order valence-electron chi connectivity index (χ1n) is 7.35. The molecule has 0 radical (unpaired) electrons. The van der Waals surface area contributed by atoms with E-state index in [4.69, 9.17) is 0 Å². The first-order valence-corrected chi connectivity index (χ1v) is 7.35. The Kier molecular flexibility index (Phi) is 3.11. The molecule has 2 aliphatic rings. The van der Waals surface area contributed by atoms with Gasteiger partial charge >= 0.3 is 0 Å². The van der Waals surface area contributed by atoms with Gasteiger partial charge in [-0.2, -0.15) is 5.10 Å². The molecular weight excluding hydrogens is 238 g/mol. The van der Waals surface area contributed by atoms with Gasteiger partial charge in [-0.05, 0) is 50.9 Å². The second-order valence-electron chi connectivity index (χ2n) is 6.37. The number of rotatable bonds is 3. The zero-order valence-electron chi connectivity index (χ0n) is 12.0. The molecule has 2 aliphatic carbocycles. The van der Waals surface area contributed by atoms with Gasteiger partial charge in [-0.25, -0.2) is 0 Å². The highest BCUT2D eigenvalue weighted by molar-refractivity contribution is 5.95. The first-order chi connectivity index (χ1) is 9.06. The van der Waals surface area contributed by atoms with Crippen molar-refractivity contribution in [2.45, 2.75) is 45.6 Å². The zero-order chi connectivity index (χ0) is 13.6. The SMILES string of the molecule is Cc1c(C(=O)N[C@@H](C)[C@H]2C[C@@H]3CC[C@@H]2C3)cnn1C. The number of fused-ring (bicyclic) bond motifs is 2. The van der Waals surface area contributed by atoms with Gasteiger partial charge in [0.05, 0.1) is 11.8 Å². The predicted octanol–water partition coefficient (Wildman–Crippen LogP) is 2.28. The normalized spacial score (nSPS) is 30.6. The molecule has 19 heavy (non-hydrogen) atoms. The molecule has 104 valence electrons. The van der Waals surface area contributed by atoms with Gasteiger partial charge in [0.25, 0.3) is 5.91 Å². The van der Waals surface area contributed by atoms with Crippen LogP contribution in [0.15, 0.2) is 6.20 Å². The maximum absolute atomic E-state index is 12.3. The molecular formula is C15H23N3O. The van der Waals surface area contributed by atoms with Gasteiger partial charge in [0.1, 0.15) is 0 Å². The standard InChI is InChI=1S/C15H23N3O/c1-9(13-7-11-4-5-12(13)6-11)17-15(19)14-8-16-18(3)10(14)2/h8-9,11-13H,4-7H2,1-3H3,(H,17,19)/t9-,11+,12+,13+/m0/s1. The smallest absolute Gasteiger partial charge is 0.254 e. The van der Waals surface area contributed by atoms with Crippen LogP contribution in [0.4, 0.5) is 0 Å². The van der Waals surface area contributed by atoms with E-state index in [-0.39, 0.29) is 11.9 Å². The van der Waals surface area contributed by atoms with Crippen LogP contribution in [0.25, 0.3) is 0 Å². The Labute approximate surface area is 114 Å². The molecule has 4 atom stereocenters. The van der Waals surface area contributed by atoms with E-state index in [9.17, 15) is 4.79 Å². The third-order valence-corrected chi connectivity index (χ3v) is 5.27. The van der Waals surface area contributed by atoms with Gasteiger partial charge in [0, 0.05) is 18.8 Å². The Balaban J connectivity index is 1.65. The topological polar surface area (TPSA) is 46.9 Å². The van der Waals surface area contributed by atoms with E-state index in [2.05, 4.69) is 17.3 Å². The van der Waals surface area contributed by atoms with Crippen molar-refractivity contribution >= 4 is 5.91 Å². The lowest BCUT2D eigenvalue weighted by molar-refractivity contribution is 0.0914. The van der Waals surface area contributed by atoms with Gasteiger partial charge in [-0.1, -0.05) is 6.42 Å². The van der Waals surface area contributed by atoms with Gasteiger partial charge in [-0.3, -0.25) is 9.48 Å². The maximum atomic E-state index is 12.3. The second-order valence-corrected chi connectivity index (χ2v) is 6.37. The van der Waals surface area contributed by atoms with Crippen molar-refractivity contribution in [2.75, 3.05) is 0 Å². The van der Waals surface area contributed by atoms with E-state index in [1.165, 1.54) is 25.7 Å². The molecule has 0 aromatic carbocycles. The van der Waals surface area contributed by atoms with Crippen LogP contribution in [-0.2, 0) is 7.05 Å². The van der Waals surface area contributed by atoms with Crippen molar-refractivity contribution in [3.63, 3.8) is 0 Å². The van der Waals surface area contributed by atoms with E-state index >= 15 is 0 Å². The van der Waals surface area contributed by atoms with Crippen molar-refractivity contribution in [1.29, 1.82) is 0 Å².